The Balaban J connectivity index is 1.42. The van der Waals surface area contributed by atoms with Crippen LogP contribution >= 0.6 is 11.3 Å². The van der Waals surface area contributed by atoms with Crippen LogP contribution in [0.25, 0.3) is 0 Å². The van der Waals surface area contributed by atoms with Gasteiger partial charge in [0, 0.05) is 31.4 Å². The molecule has 1 amide bonds. The number of aliphatic hydroxyl groups excluding tert-OH is 1. The Morgan fingerprint density at radius 1 is 1.41 bits per heavy atom. The lowest BCUT2D eigenvalue weighted by Crippen LogP contribution is -2.53. The van der Waals surface area contributed by atoms with Crippen LogP contribution in [0.4, 0.5) is 0 Å². The molecule has 2 heterocycles. The SMILES string of the molecule is O=C(CC1CCCC1)N[C@@H]1CCN(Cc2cscn2)C[C@H]1O. The van der Waals surface area contributed by atoms with Gasteiger partial charge in [-0.1, -0.05) is 12.8 Å². The van der Waals surface area contributed by atoms with Crippen LogP contribution in [0.2, 0.25) is 0 Å². The van der Waals surface area contributed by atoms with E-state index in [1.165, 1.54) is 25.7 Å². The van der Waals surface area contributed by atoms with E-state index in [1.807, 2.05) is 10.9 Å². The van der Waals surface area contributed by atoms with Crippen molar-refractivity contribution in [3.63, 3.8) is 0 Å². The average Bonchev–Trinajstić information content (AvgIpc) is 3.15. The summed E-state index contributed by atoms with van der Waals surface area (Å²) in [4.78, 5) is 18.6. The Morgan fingerprint density at radius 2 is 2.23 bits per heavy atom. The van der Waals surface area contributed by atoms with Gasteiger partial charge in [0.25, 0.3) is 0 Å². The minimum atomic E-state index is -0.486. The number of hydrogen-bond acceptors (Lipinski definition) is 5. The summed E-state index contributed by atoms with van der Waals surface area (Å²) in [7, 11) is 0. The first-order valence-corrected chi connectivity index (χ1v) is 9.22. The van der Waals surface area contributed by atoms with Crippen LogP contribution in [0, 0.1) is 5.92 Å². The molecule has 1 aliphatic carbocycles. The largest absolute Gasteiger partial charge is 0.390 e. The highest BCUT2D eigenvalue weighted by Gasteiger charge is 2.29. The summed E-state index contributed by atoms with van der Waals surface area (Å²) in [5.41, 5.74) is 2.89. The third kappa shape index (κ3) is 4.27. The fourth-order valence-electron chi connectivity index (χ4n) is 3.60. The Labute approximate surface area is 135 Å². The summed E-state index contributed by atoms with van der Waals surface area (Å²) >= 11 is 1.60. The van der Waals surface area contributed by atoms with E-state index >= 15 is 0 Å². The molecule has 5 nitrogen and oxygen atoms in total. The van der Waals surface area contributed by atoms with Gasteiger partial charge in [-0.25, -0.2) is 4.98 Å². The summed E-state index contributed by atoms with van der Waals surface area (Å²) in [5, 5.41) is 15.4. The first-order valence-electron chi connectivity index (χ1n) is 8.27. The molecule has 0 spiro atoms. The van der Waals surface area contributed by atoms with Gasteiger partial charge in [-0.15, -0.1) is 11.3 Å². The molecule has 0 aromatic carbocycles. The Kier molecular flexibility index (Phi) is 5.44. The summed E-state index contributed by atoms with van der Waals surface area (Å²) in [6.45, 7) is 2.28. The maximum atomic E-state index is 12.1. The van der Waals surface area contributed by atoms with Crippen LogP contribution in [-0.2, 0) is 11.3 Å². The van der Waals surface area contributed by atoms with Crippen molar-refractivity contribution >= 4 is 17.2 Å². The summed E-state index contributed by atoms with van der Waals surface area (Å²) in [6, 6.07) is -0.0967. The summed E-state index contributed by atoms with van der Waals surface area (Å²) in [6.07, 6.45) is 5.84. The number of likely N-dealkylation sites (tertiary alicyclic amines) is 1. The molecule has 1 aromatic heterocycles. The molecular weight excluding hydrogens is 298 g/mol. The Bertz CT molecular complexity index is 474. The fourth-order valence-corrected chi connectivity index (χ4v) is 4.15. The molecule has 22 heavy (non-hydrogen) atoms. The van der Waals surface area contributed by atoms with Crippen molar-refractivity contribution in [3.05, 3.63) is 16.6 Å². The van der Waals surface area contributed by atoms with Crippen molar-refractivity contribution in [1.82, 2.24) is 15.2 Å². The number of nitrogens with zero attached hydrogens (tertiary/aromatic N) is 2. The topological polar surface area (TPSA) is 65.5 Å². The maximum Gasteiger partial charge on any atom is 0.220 e. The highest BCUT2D eigenvalue weighted by molar-refractivity contribution is 7.07. The number of carbonyl (C=O) groups excluding carboxylic acids is 1. The Morgan fingerprint density at radius 3 is 2.91 bits per heavy atom. The second kappa shape index (κ2) is 7.53. The van der Waals surface area contributed by atoms with Crippen molar-refractivity contribution in [2.24, 2.45) is 5.92 Å². The van der Waals surface area contributed by atoms with Crippen molar-refractivity contribution < 1.29 is 9.90 Å². The van der Waals surface area contributed by atoms with Gasteiger partial charge in [-0.05, 0) is 25.2 Å². The predicted molar refractivity (Wildman–Crippen MR) is 86.5 cm³/mol. The number of carbonyl (C=O) groups is 1. The van der Waals surface area contributed by atoms with Crippen LogP contribution < -0.4 is 5.32 Å². The standard InChI is InChI=1S/C16H25N3O2S/c20-15-9-19(8-13-10-22-11-17-13)6-5-14(15)18-16(21)7-12-3-1-2-4-12/h10-12,14-15,20H,1-9H2,(H,18,21)/t14-,15-/m1/s1. The lowest BCUT2D eigenvalue weighted by molar-refractivity contribution is -0.124. The molecule has 6 heteroatoms. The Hall–Kier alpha value is -0.980. The molecule has 1 aliphatic heterocycles. The van der Waals surface area contributed by atoms with Gasteiger partial charge in [-0.3, -0.25) is 9.69 Å². The lowest BCUT2D eigenvalue weighted by atomic mass is 9.99. The zero-order valence-electron chi connectivity index (χ0n) is 12.9. The minimum Gasteiger partial charge on any atom is -0.390 e. The van der Waals surface area contributed by atoms with Crippen LogP contribution in [0.1, 0.15) is 44.2 Å². The molecule has 2 atom stereocenters. The maximum absolute atomic E-state index is 12.1. The zero-order chi connectivity index (χ0) is 15.4. The van der Waals surface area contributed by atoms with Crippen molar-refractivity contribution in [2.45, 2.75) is 57.2 Å². The molecule has 2 N–H and O–H groups in total. The van der Waals surface area contributed by atoms with Crippen molar-refractivity contribution in [1.29, 1.82) is 0 Å². The van der Waals surface area contributed by atoms with Crippen LogP contribution in [0.3, 0.4) is 0 Å². The van der Waals surface area contributed by atoms with E-state index in [0.29, 0.717) is 18.9 Å². The van der Waals surface area contributed by atoms with Gasteiger partial charge < -0.3 is 10.4 Å². The highest BCUT2D eigenvalue weighted by Crippen LogP contribution is 2.27. The number of β-amino-alcohol motifs (C(OH)–C–C–N with tert-alkyl or cyclic N) is 1. The smallest absolute Gasteiger partial charge is 0.220 e. The summed E-state index contributed by atoms with van der Waals surface area (Å²) in [5.74, 6) is 0.672. The van der Waals surface area contributed by atoms with Gasteiger partial charge in [-0.2, -0.15) is 0 Å². The van der Waals surface area contributed by atoms with Crippen LogP contribution in [-0.4, -0.2) is 46.1 Å². The monoisotopic (exact) mass is 323 g/mol. The van der Waals surface area contributed by atoms with E-state index in [4.69, 9.17) is 0 Å². The van der Waals surface area contributed by atoms with E-state index in [9.17, 15) is 9.90 Å². The first-order chi connectivity index (χ1) is 10.7. The molecule has 1 saturated carbocycles. The molecule has 2 fully saturated rings. The molecule has 3 rings (SSSR count). The quantitative estimate of drug-likeness (QED) is 0.867. The minimum absolute atomic E-state index is 0.0967. The lowest BCUT2D eigenvalue weighted by Gasteiger charge is -2.36. The third-order valence-corrected chi connectivity index (χ3v) is 5.47. The molecular formula is C16H25N3O2S. The van der Waals surface area contributed by atoms with Gasteiger partial charge in [0.2, 0.25) is 5.91 Å². The molecule has 1 saturated heterocycles. The predicted octanol–water partition coefficient (Wildman–Crippen LogP) is 1.77. The number of rotatable bonds is 5. The molecule has 1 aromatic rings. The molecule has 0 bridgehead atoms. The first kappa shape index (κ1) is 15.9. The van der Waals surface area contributed by atoms with E-state index in [1.54, 1.807) is 11.3 Å². The van der Waals surface area contributed by atoms with Crippen LogP contribution in [0.5, 0.6) is 0 Å². The molecule has 122 valence electrons. The van der Waals surface area contributed by atoms with Gasteiger partial charge in [0.1, 0.15) is 0 Å². The highest BCUT2D eigenvalue weighted by atomic mass is 32.1. The molecule has 0 radical (unpaired) electrons. The van der Waals surface area contributed by atoms with Crippen LogP contribution in [0.15, 0.2) is 10.9 Å². The van der Waals surface area contributed by atoms with E-state index in [0.717, 1.165) is 25.2 Å². The van der Waals surface area contributed by atoms with Crippen molar-refractivity contribution in [2.75, 3.05) is 13.1 Å². The average molecular weight is 323 g/mol. The molecule has 2 aliphatic rings. The molecule has 0 unspecified atom stereocenters. The normalized spacial score (nSPS) is 27.1. The van der Waals surface area contributed by atoms with E-state index in [2.05, 4.69) is 15.2 Å². The van der Waals surface area contributed by atoms with Crippen molar-refractivity contribution in [3.8, 4) is 0 Å². The second-order valence-electron chi connectivity index (χ2n) is 6.60. The van der Waals surface area contributed by atoms with Gasteiger partial charge in [0.05, 0.1) is 23.4 Å². The number of hydrogen-bond donors (Lipinski definition) is 2. The number of piperidine rings is 1. The number of aliphatic hydroxyl groups is 1. The number of thiazole rings is 1. The van der Waals surface area contributed by atoms with Gasteiger partial charge >= 0.3 is 0 Å². The van der Waals surface area contributed by atoms with E-state index in [-0.39, 0.29) is 11.9 Å². The second-order valence-corrected chi connectivity index (χ2v) is 7.32. The number of aromatic nitrogens is 1. The summed E-state index contributed by atoms with van der Waals surface area (Å²) < 4.78 is 0. The zero-order valence-corrected chi connectivity index (χ0v) is 13.7. The number of amides is 1. The fraction of sp³-hybridized carbons (Fsp3) is 0.750. The third-order valence-electron chi connectivity index (χ3n) is 4.83. The number of nitrogens with one attached hydrogen (secondary N) is 1. The van der Waals surface area contributed by atoms with Gasteiger partial charge in [0.15, 0.2) is 0 Å². The van der Waals surface area contributed by atoms with E-state index < -0.39 is 6.10 Å².